The van der Waals surface area contributed by atoms with Crippen molar-refractivity contribution in [3.05, 3.63) is 41.2 Å². The molecule has 0 radical (unpaired) electrons. The van der Waals surface area contributed by atoms with Crippen LogP contribution < -0.4 is 10.6 Å². The first kappa shape index (κ1) is 22.8. The van der Waals surface area contributed by atoms with Gasteiger partial charge in [0.1, 0.15) is 6.04 Å². The third-order valence-electron chi connectivity index (χ3n) is 8.19. The highest BCUT2D eigenvalue weighted by atomic mass is 16.2. The highest BCUT2D eigenvalue weighted by molar-refractivity contribution is 6.05. The predicted molar refractivity (Wildman–Crippen MR) is 127 cm³/mol. The molecule has 1 aromatic carbocycles. The van der Waals surface area contributed by atoms with Gasteiger partial charge in [0.2, 0.25) is 11.8 Å². The molecule has 5 heterocycles. The van der Waals surface area contributed by atoms with Gasteiger partial charge in [-0.25, -0.2) is 4.68 Å². The molecule has 2 N–H and O–H groups in total. The van der Waals surface area contributed by atoms with Crippen molar-refractivity contribution in [3.63, 3.8) is 0 Å². The molecule has 4 aliphatic heterocycles. The summed E-state index contributed by atoms with van der Waals surface area (Å²) >= 11 is 0. The summed E-state index contributed by atoms with van der Waals surface area (Å²) in [6.07, 6.45) is 5.72. The summed E-state index contributed by atoms with van der Waals surface area (Å²) in [5, 5.41) is 13.5. The Morgan fingerprint density at radius 3 is 2.83 bits per heavy atom. The Morgan fingerprint density at radius 2 is 2.06 bits per heavy atom. The number of fused-ring (bicyclic) bond motifs is 4. The van der Waals surface area contributed by atoms with Gasteiger partial charge in [-0.1, -0.05) is 11.3 Å². The van der Waals surface area contributed by atoms with Crippen LogP contribution in [-0.4, -0.2) is 80.6 Å². The lowest BCUT2D eigenvalue weighted by Crippen LogP contribution is -2.53. The molecule has 188 valence electrons. The Morgan fingerprint density at radius 1 is 1.19 bits per heavy atom. The summed E-state index contributed by atoms with van der Waals surface area (Å²) in [5.41, 5.74) is 2.11. The third-order valence-corrected chi connectivity index (χ3v) is 8.19. The third kappa shape index (κ3) is 3.97. The van der Waals surface area contributed by atoms with E-state index in [9.17, 15) is 19.2 Å². The highest BCUT2D eigenvalue weighted by Crippen LogP contribution is 2.37. The Hall–Kier alpha value is -3.60. The first-order valence-electron chi connectivity index (χ1n) is 12.6. The number of hydrogen-bond donors (Lipinski definition) is 2. The van der Waals surface area contributed by atoms with Crippen LogP contribution in [0.2, 0.25) is 0 Å². The number of carbonyl (C=O) groups excluding carboxylic acids is 4. The number of amides is 4. The molecule has 0 spiro atoms. The molecule has 11 nitrogen and oxygen atoms in total. The minimum atomic E-state index is -0.660. The van der Waals surface area contributed by atoms with E-state index < -0.39 is 11.9 Å². The van der Waals surface area contributed by atoms with Crippen molar-refractivity contribution in [1.29, 1.82) is 0 Å². The summed E-state index contributed by atoms with van der Waals surface area (Å²) in [6.45, 7) is 2.09. The zero-order valence-corrected chi connectivity index (χ0v) is 20.1. The molecule has 1 aliphatic carbocycles. The molecule has 2 bridgehead atoms. The van der Waals surface area contributed by atoms with Crippen LogP contribution in [0.5, 0.6) is 0 Å². The van der Waals surface area contributed by atoms with Crippen LogP contribution in [0.1, 0.15) is 58.5 Å². The van der Waals surface area contributed by atoms with Crippen molar-refractivity contribution in [3.8, 4) is 5.69 Å². The van der Waals surface area contributed by atoms with E-state index in [0.717, 1.165) is 24.4 Å². The summed E-state index contributed by atoms with van der Waals surface area (Å²) in [6, 6.07) is 5.20. The first-order chi connectivity index (χ1) is 17.4. The number of nitrogens with zero attached hydrogens (tertiary/aromatic N) is 5. The van der Waals surface area contributed by atoms with Crippen LogP contribution in [0.4, 0.5) is 0 Å². The molecule has 3 saturated heterocycles. The van der Waals surface area contributed by atoms with Crippen molar-refractivity contribution in [2.75, 3.05) is 20.1 Å². The van der Waals surface area contributed by atoms with Crippen LogP contribution in [0.3, 0.4) is 0 Å². The summed E-state index contributed by atoms with van der Waals surface area (Å²) < 4.78 is 1.48. The number of hydrogen-bond acceptors (Lipinski definition) is 7. The second-order valence-electron chi connectivity index (χ2n) is 10.4. The SMILES string of the molecule is CN1CC2CCC1C(CNC(=O)c1cn(-c3ccc4c(c3)C(=O)N(C3CCC(=O)NC3=O)C4)nn1)C2. The van der Waals surface area contributed by atoms with E-state index in [2.05, 4.69) is 32.9 Å². The molecular weight excluding hydrogens is 462 g/mol. The summed E-state index contributed by atoms with van der Waals surface area (Å²) in [4.78, 5) is 53.5. The predicted octanol–water partition coefficient (Wildman–Crippen LogP) is 0.488. The van der Waals surface area contributed by atoms with Crippen molar-refractivity contribution >= 4 is 23.6 Å². The lowest BCUT2D eigenvalue weighted by molar-refractivity contribution is -0.136. The lowest BCUT2D eigenvalue weighted by atomic mass is 9.73. The Balaban J connectivity index is 1.12. The molecule has 4 fully saturated rings. The van der Waals surface area contributed by atoms with Gasteiger partial charge in [0.15, 0.2) is 5.69 Å². The number of nitrogens with one attached hydrogen (secondary N) is 2. The summed E-state index contributed by atoms with van der Waals surface area (Å²) in [7, 11) is 2.17. The molecule has 4 atom stereocenters. The average Bonchev–Trinajstić information content (AvgIpc) is 3.48. The van der Waals surface area contributed by atoms with Gasteiger partial charge in [-0.2, -0.15) is 0 Å². The number of aromatic nitrogens is 3. The molecule has 1 aromatic heterocycles. The number of imide groups is 1. The first-order valence-corrected chi connectivity index (χ1v) is 12.6. The molecular formula is C25H29N7O4. The van der Waals surface area contributed by atoms with Crippen LogP contribution >= 0.6 is 0 Å². The zero-order chi connectivity index (χ0) is 25.0. The maximum absolute atomic E-state index is 13.1. The maximum atomic E-state index is 13.1. The van der Waals surface area contributed by atoms with Crippen molar-refractivity contribution < 1.29 is 19.2 Å². The van der Waals surface area contributed by atoms with E-state index in [-0.39, 0.29) is 29.8 Å². The second kappa shape index (κ2) is 8.81. The van der Waals surface area contributed by atoms with Crippen LogP contribution in [0.25, 0.3) is 5.69 Å². The van der Waals surface area contributed by atoms with Crippen molar-refractivity contribution in [1.82, 2.24) is 35.4 Å². The van der Waals surface area contributed by atoms with E-state index in [1.165, 1.54) is 22.4 Å². The van der Waals surface area contributed by atoms with Crippen LogP contribution in [0, 0.1) is 11.8 Å². The van der Waals surface area contributed by atoms with Gasteiger partial charge in [-0.15, -0.1) is 5.10 Å². The molecule has 5 aliphatic rings. The van der Waals surface area contributed by atoms with E-state index in [0.29, 0.717) is 42.7 Å². The molecule has 4 unspecified atom stereocenters. The van der Waals surface area contributed by atoms with Gasteiger partial charge in [0, 0.05) is 37.7 Å². The van der Waals surface area contributed by atoms with E-state index >= 15 is 0 Å². The van der Waals surface area contributed by atoms with Gasteiger partial charge >= 0.3 is 0 Å². The van der Waals surface area contributed by atoms with Crippen LogP contribution in [-0.2, 0) is 16.1 Å². The van der Waals surface area contributed by atoms with Gasteiger partial charge in [0.25, 0.3) is 11.8 Å². The fourth-order valence-electron chi connectivity index (χ4n) is 6.35. The molecule has 7 rings (SSSR count). The molecule has 2 aromatic rings. The number of rotatable bonds is 5. The fourth-order valence-corrected chi connectivity index (χ4v) is 6.35. The monoisotopic (exact) mass is 491 g/mol. The Bertz CT molecular complexity index is 1260. The van der Waals surface area contributed by atoms with E-state index in [4.69, 9.17) is 0 Å². The number of benzene rings is 1. The molecule has 1 saturated carbocycles. The fraction of sp³-hybridized carbons (Fsp3) is 0.520. The molecule has 36 heavy (non-hydrogen) atoms. The molecule has 4 amide bonds. The normalized spacial score (nSPS) is 27.8. The van der Waals surface area contributed by atoms with Gasteiger partial charge < -0.3 is 15.1 Å². The minimum Gasteiger partial charge on any atom is -0.350 e. The average molecular weight is 492 g/mol. The Labute approximate surface area is 208 Å². The number of piperidine rings is 3. The van der Waals surface area contributed by atoms with E-state index in [1.54, 1.807) is 12.3 Å². The van der Waals surface area contributed by atoms with E-state index in [1.807, 2.05) is 12.1 Å². The zero-order valence-electron chi connectivity index (χ0n) is 20.1. The minimum absolute atomic E-state index is 0.213. The topological polar surface area (TPSA) is 130 Å². The standard InChI is InChI=1S/C25H29N7O4/c1-30-11-14-2-5-20(30)16(8-14)10-26-23(34)19-13-32(29-28-19)17-4-3-15-12-31(25(36)18(15)9-17)21-6-7-22(33)27-24(21)35/h3-4,9,13-14,16,20-21H,2,5-8,10-12H2,1H3,(H,26,34)(H,27,33,35). The molecule has 11 heteroatoms. The van der Waals surface area contributed by atoms with Crippen molar-refractivity contribution in [2.24, 2.45) is 11.8 Å². The van der Waals surface area contributed by atoms with Gasteiger partial charge in [-0.3, -0.25) is 24.5 Å². The summed E-state index contributed by atoms with van der Waals surface area (Å²) in [5.74, 6) is -0.0928. The smallest absolute Gasteiger partial charge is 0.273 e. The van der Waals surface area contributed by atoms with Crippen molar-refractivity contribution in [2.45, 2.75) is 50.7 Å². The second-order valence-corrected chi connectivity index (χ2v) is 10.4. The quantitative estimate of drug-likeness (QED) is 0.582. The Kier molecular flexibility index (Phi) is 5.59. The number of carbonyl (C=O) groups is 4. The maximum Gasteiger partial charge on any atom is 0.273 e. The highest BCUT2D eigenvalue weighted by Gasteiger charge is 2.40. The van der Waals surface area contributed by atoms with Gasteiger partial charge in [0.05, 0.1) is 11.9 Å². The van der Waals surface area contributed by atoms with Gasteiger partial charge in [-0.05, 0) is 62.3 Å². The largest absolute Gasteiger partial charge is 0.350 e. The lowest BCUT2D eigenvalue weighted by Gasteiger charge is -2.48. The van der Waals surface area contributed by atoms with Crippen LogP contribution in [0.15, 0.2) is 24.4 Å².